The van der Waals surface area contributed by atoms with Gasteiger partial charge in [0, 0.05) is 17.3 Å². The highest BCUT2D eigenvalue weighted by Crippen LogP contribution is 2.36. The third-order valence-corrected chi connectivity index (χ3v) is 5.59. The van der Waals surface area contributed by atoms with E-state index in [1.807, 2.05) is 48.5 Å². The molecule has 0 aliphatic carbocycles. The lowest BCUT2D eigenvalue weighted by Crippen LogP contribution is -2.03. The van der Waals surface area contributed by atoms with Gasteiger partial charge in [-0.2, -0.15) is 0 Å². The van der Waals surface area contributed by atoms with Gasteiger partial charge in [0.1, 0.15) is 23.4 Å². The third kappa shape index (κ3) is 4.67. The summed E-state index contributed by atoms with van der Waals surface area (Å²) in [5.74, 6) is 7.77. The number of aliphatic hydroxyl groups excluding tert-OH is 1. The van der Waals surface area contributed by atoms with Gasteiger partial charge in [-0.15, -0.1) is 0 Å². The number of methoxy groups -OCH3 is 1. The van der Waals surface area contributed by atoms with Crippen molar-refractivity contribution in [3.8, 4) is 29.1 Å². The Labute approximate surface area is 202 Å². The second-order valence-corrected chi connectivity index (χ2v) is 7.86. The van der Waals surface area contributed by atoms with Gasteiger partial charge in [-0.3, -0.25) is 4.79 Å². The Hall–Kier alpha value is -4.73. The maximum absolute atomic E-state index is 12.7. The first-order valence-electron chi connectivity index (χ1n) is 11.0. The van der Waals surface area contributed by atoms with Gasteiger partial charge >= 0.3 is 0 Å². The fourth-order valence-corrected chi connectivity index (χ4v) is 3.87. The number of ether oxygens (including phenoxy) is 2. The predicted octanol–water partition coefficient (Wildman–Crippen LogP) is 5.39. The molecular formula is C29H22N2O4. The molecule has 0 saturated carbocycles. The molecule has 5 rings (SSSR count). The van der Waals surface area contributed by atoms with Gasteiger partial charge in [0.05, 0.1) is 24.1 Å². The molecule has 0 fully saturated rings. The highest BCUT2D eigenvalue weighted by molar-refractivity contribution is 6.35. The van der Waals surface area contributed by atoms with Crippen LogP contribution in [0.3, 0.4) is 0 Å². The van der Waals surface area contributed by atoms with Gasteiger partial charge in [0.2, 0.25) is 0 Å². The maximum atomic E-state index is 12.7. The van der Waals surface area contributed by atoms with Crippen molar-refractivity contribution >= 4 is 23.2 Å². The molecule has 3 N–H and O–H groups in total. The Kier molecular flexibility index (Phi) is 6.08. The van der Waals surface area contributed by atoms with Crippen LogP contribution in [0.4, 0.5) is 5.69 Å². The minimum absolute atomic E-state index is 0.222. The number of H-pyrrole nitrogens is 1. The molecule has 1 aliphatic rings. The van der Waals surface area contributed by atoms with Crippen LogP contribution in [0.2, 0.25) is 0 Å². The molecule has 172 valence electrons. The van der Waals surface area contributed by atoms with E-state index in [0.29, 0.717) is 45.1 Å². The van der Waals surface area contributed by atoms with Gasteiger partial charge in [-0.1, -0.05) is 48.2 Å². The Morgan fingerprint density at radius 2 is 1.71 bits per heavy atom. The molecule has 3 aromatic carbocycles. The van der Waals surface area contributed by atoms with Crippen LogP contribution < -0.4 is 14.8 Å². The van der Waals surface area contributed by atoms with Gasteiger partial charge < -0.3 is 24.9 Å². The van der Waals surface area contributed by atoms with Crippen LogP contribution in [0.5, 0.6) is 17.2 Å². The molecule has 1 aromatic heterocycles. The summed E-state index contributed by atoms with van der Waals surface area (Å²) in [5.41, 5.74) is 3.82. The zero-order valence-electron chi connectivity index (χ0n) is 18.9. The molecule has 1 atom stereocenters. The van der Waals surface area contributed by atoms with Crippen LogP contribution in [0, 0.1) is 11.8 Å². The Bertz CT molecular complexity index is 1460. The van der Waals surface area contributed by atoms with E-state index in [2.05, 4.69) is 22.1 Å². The van der Waals surface area contributed by atoms with E-state index in [1.54, 1.807) is 49.7 Å². The van der Waals surface area contributed by atoms with Crippen LogP contribution in [0.25, 0.3) is 11.6 Å². The second-order valence-electron chi connectivity index (χ2n) is 7.86. The number of carbonyl (C=O) groups excluding carboxylic acids is 1. The largest absolute Gasteiger partial charge is 0.495 e. The van der Waals surface area contributed by atoms with Crippen LogP contribution in [0.15, 0.2) is 85.1 Å². The topological polar surface area (TPSA) is 83.6 Å². The van der Waals surface area contributed by atoms with E-state index in [0.717, 1.165) is 5.75 Å². The predicted molar refractivity (Wildman–Crippen MR) is 135 cm³/mol. The van der Waals surface area contributed by atoms with E-state index in [4.69, 9.17) is 9.47 Å². The molecule has 4 aromatic rings. The van der Waals surface area contributed by atoms with E-state index in [9.17, 15) is 9.90 Å². The van der Waals surface area contributed by atoms with Crippen molar-refractivity contribution in [3.05, 3.63) is 107 Å². The number of para-hydroxylation sites is 1. The number of fused-ring (bicyclic) bond motifs is 1. The van der Waals surface area contributed by atoms with E-state index in [1.165, 1.54) is 0 Å². The maximum Gasteiger partial charge on any atom is 0.256 e. The van der Waals surface area contributed by atoms with Gasteiger partial charge in [-0.05, 0) is 54.1 Å². The van der Waals surface area contributed by atoms with E-state index < -0.39 is 6.10 Å². The standard InChI is InChI=1S/C29H22N2O4/c1-34-27-16-17-30-25(27)18-23-28-20(6-5-9-24(28)31-29(23)33)12-15-26(32)19-10-13-22(14-11-19)35-21-7-3-2-4-8-21/h2-11,13-14,16-18,26,30,32H,1H3,(H,31,33)/b23-18-. The van der Waals surface area contributed by atoms with Crippen molar-refractivity contribution in [1.29, 1.82) is 0 Å². The lowest BCUT2D eigenvalue weighted by Gasteiger charge is -2.08. The molecule has 0 spiro atoms. The van der Waals surface area contributed by atoms with Crippen molar-refractivity contribution in [2.45, 2.75) is 6.10 Å². The number of aromatic nitrogens is 1. The summed E-state index contributed by atoms with van der Waals surface area (Å²) in [6.45, 7) is 0. The minimum Gasteiger partial charge on any atom is -0.495 e. The molecule has 35 heavy (non-hydrogen) atoms. The molecule has 0 saturated heterocycles. The molecule has 0 radical (unpaired) electrons. The van der Waals surface area contributed by atoms with E-state index in [-0.39, 0.29) is 5.91 Å². The number of amides is 1. The molecule has 1 unspecified atom stereocenters. The number of anilines is 1. The molecule has 2 heterocycles. The fraction of sp³-hybridized carbons (Fsp3) is 0.0690. The summed E-state index contributed by atoms with van der Waals surface area (Å²) >= 11 is 0. The molecule has 1 amide bonds. The SMILES string of the molecule is COc1cc[nH]c1/C=C1\C(=O)Nc2cccc(C#CC(O)c3ccc(Oc4ccccc4)cc3)c21. The van der Waals surface area contributed by atoms with Crippen molar-refractivity contribution in [2.75, 3.05) is 12.4 Å². The first-order valence-corrected chi connectivity index (χ1v) is 11.0. The second kappa shape index (κ2) is 9.64. The van der Waals surface area contributed by atoms with Gasteiger partial charge in [-0.25, -0.2) is 0 Å². The van der Waals surface area contributed by atoms with Crippen molar-refractivity contribution in [3.63, 3.8) is 0 Å². The number of hydrogen-bond donors (Lipinski definition) is 3. The Morgan fingerprint density at radius 3 is 2.49 bits per heavy atom. The first-order chi connectivity index (χ1) is 17.1. The van der Waals surface area contributed by atoms with E-state index >= 15 is 0 Å². The number of rotatable bonds is 5. The monoisotopic (exact) mass is 462 g/mol. The third-order valence-electron chi connectivity index (χ3n) is 5.59. The first kappa shape index (κ1) is 22.1. The lowest BCUT2D eigenvalue weighted by atomic mass is 9.99. The number of carbonyl (C=O) groups is 1. The lowest BCUT2D eigenvalue weighted by molar-refractivity contribution is -0.110. The zero-order valence-corrected chi connectivity index (χ0v) is 18.9. The summed E-state index contributed by atoms with van der Waals surface area (Å²) < 4.78 is 11.1. The van der Waals surface area contributed by atoms with Crippen LogP contribution in [0.1, 0.15) is 28.5 Å². The smallest absolute Gasteiger partial charge is 0.256 e. The van der Waals surface area contributed by atoms with Crippen molar-refractivity contribution in [2.24, 2.45) is 0 Å². The zero-order chi connectivity index (χ0) is 24.2. The average Bonchev–Trinajstić information content (AvgIpc) is 3.47. The molecule has 6 nitrogen and oxygen atoms in total. The minimum atomic E-state index is -1.00. The Balaban J connectivity index is 1.40. The van der Waals surface area contributed by atoms with Crippen molar-refractivity contribution < 1.29 is 19.4 Å². The van der Waals surface area contributed by atoms with Crippen LogP contribution in [-0.2, 0) is 4.79 Å². The summed E-state index contributed by atoms with van der Waals surface area (Å²) in [5, 5.41) is 13.5. The summed E-state index contributed by atoms with van der Waals surface area (Å²) in [7, 11) is 1.58. The van der Waals surface area contributed by atoms with Crippen molar-refractivity contribution in [1.82, 2.24) is 4.98 Å². The molecule has 1 aliphatic heterocycles. The van der Waals surface area contributed by atoms with Gasteiger partial charge in [0.15, 0.2) is 0 Å². The number of nitrogens with one attached hydrogen (secondary N) is 2. The Morgan fingerprint density at radius 1 is 0.943 bits per heavy atom. The number of hydrogen-bond acceptors (Lipinski definition) is 4. The molecular weight excluding hydrogens is 440 g/mol. The number of benzene rings is 3. The summed E-state index contributed by atoms with van der Waals surface area (Å²) in [6.07, 6.45) is 2.49. The number of aliphatic hydroxyl groups is 1. The highest BCUT2D eigenvalue weighted by Gasteiger charge is 2.27. The quantitative estimate of drug-likeness (QED) is 0.274. The number of aromatic amines is 1. The van der Waals surface area contributed by atoms with Gasteiger partial charge in [0.25, 0.3) is 5.91 Å². The fourth-order valence-electron chi connectivity index (χ4n) is 3.87. The molecule has 6 heteroatoms. The average molecular weight is 463 g/mol. The summed E-state index contributed by atoms with van der Waals surface area (Å²) in [4.78, 5) is 15.8. The van der Waals surface area contributed by atoms with Crippen LogP contribution >= 0.6 is 0 Å². The highest BCUT2D eigenvalue weighted by atomic mass is 16.5. The molecule has 0 bridgehead atoms. The summed E-state index contributed by atoms with van der Waals surface area (Å²) in [6, 6.07) is 23.9. The normalized spacial score (nSPS) is 14.0. The van der Waals surface area contributed by atoms with Crippen LogP contribution in [-0.4, -0.2) is 23.1 Å².